The Hall–Kier alpha value is -2.21. The summed E-state index contributed by atoms with van der Waals surface area (Å²) in [7, 11) is 0. The number of hydrogen-bond acceptors (Lipinski definition) is 12. The highest BCUT2D eigenvalue weighted by Gasteiger charge is 2.44. The highest BCUT2D eigenvalue weighted by molar-refractivity contribution is 5.73. The highest BCUT2D eigenvalue weighted by atomic mass is 16.6. The molecule has 2 aliphatic rings. The topological polar surface area (TPSA) is 250 Å². The number of ether oxygens (including phenoxy) is 2. The predicted octanol–water partition coefficient (Wildman–Crippen LogP) is -5.96. The Labute approximate surface area is 180 Å². The lowest BCUT2D eigenvalue weighted by Gasteiger charge is -2.40. The fourth-order valence-corrected chi connectivity index (χ4v) is 3.28. The summed E-state index contributed by atoms with van der Waals surface area (Å²) in [4.78, 5) is 35.2. The van der Waals surface area contributed by atoms with E-state index in [2.05, 4.69) is 10.3 Å². The minimum Gasteiger partial charge on any atom is -0.394 e. The van der Waals surface area contributed by atoms with Gasteiger partial charge < -0.3 is 51.2 Å². The van der Waals surface area contributed by atoms with E-state index < -0.39 is 85.5 Å². The fraction of sp³-hybridized carbons (Fsp3) is 0.706. The molecule has 0 aromatic carbocycles. The molecule has 1 amide bonds. The van der Waals surface area contributed by atoms with Crippen LogP contribution in [0.3, 0.4) is 0 Å². The maximum atomic E-state index is 11.5. The molecular formula is C17H28N4O11. The Kier molecular flexibility index (Phi) is 9.02. The van der Waals surface area contributed by atoms with E-state index in [9.17, 15) is 34.8 Å². The Bertz CT molecular complexity index is 877. The number of nitrogens with two attached hydrogens (primary N) is 1. The fourth-order valence-electron chi connectivity index (χ4n) is 3.28. The summed E-state index contributed by atoms with van der Waals surface area (Å²) in [5, 5.41) is 58.0. The van der Waals surface area contributed by atoms with Crippen LogP contribution in [-0.2, 0) is 14.3 Å². The molecular weight excluding hydrogens is 436 g/mol. The van der Waals surface area contributed by atoms with Gasteiger partial charge in [-0.15, -0.1) is 0 Å². The van der Waals surface area contributed by atoms with E-state index in [1.54, 1.807) is 0 Å². The molecule has 0 spiro atoms. The van der Waals surface area contributed by atoms with Crippen LogP contribution in [0, 0.1) is 0 Å². The maximum Gasteiger partial charge on any atom is 0.330 e. The second-order valence-electron chi connectivity index (χ2n) is 7.29. The molecule has 15 heteroatoms. The van der Waals surface area contributed by atoms with Gasteiger partial charge in [-0.25, -0.2) is 4.79 Å². The van der Waals surface area contributed by atoms with Crippen LogP contribution in [0.25, 0.3) is 0 Å². The number of carbonyl (C=O) groups is 1. The number of amides is 1. The van der Waals surface area contributed by atoms with Crippen LogP contribution in [0.15, 0.2) is 21.9 Å². The van der Waals surface area contributed by atoms with Crippen LogP contribution in [0.2, 0.25) is 0 Å². The van der Waals surface area contributed by atoms with E-state index in [1.807, 2.05) is 0 Å². The monoisotopic (exact) mass is 464 g/mol. The first-order valence-corrected chi connectivity index (χ1v) is 9.60. The normalized spacial score (nSPS) is 36.8. The number of aliphatic hydroxyl groups is 6. The van der Waals surface area contributed by atoms with Gasteiger partial charge in [0.25, 0.3) is 5.56 Å². The van der Waals surface area contributed by atoms with Crippen LogP contribution in [0.5, 0.6) is 0 Å². The van der Waals surface area contributed by atoms with Crippen molar-refractivity contribution in [1.82, 2.24) is 14.9 Å². The van der Waals surface area contributed by atoms with Gasteiger partial charge in [-0.2, -0.15) is 0 Å². The van der Waals surface area contributed by atoms with Crippen molar-refractivity contribution in [3.63, 3.8) is 0 Å². The summed E-state index contributed by atoms with van der Waals surface area (Å²) in [5.41, 5.74) is 4.48. The van der Waals surface area contributed by atoms with E-state index in [-0.39, 0.29) is 0 Å². The molecule has 0 aliphatic carbocycles. The van der Waals surface area contributed by atoms with Crippen LogP contribution in [0.4, 0.5) is 0 Å². The molecule has 1 aromatic heterocycles. The first-order valence-electron chi connectivity index (χ1n) is 9.60. The molecule has 2 saturated heterocycles. The molecule has 182 valence electrons. The number of aromatic nitrogens is 2. The average molecular weight is 464 g/mol. The zero-order chi connectivity index (χ0) is 24.2. The number of rotatable bonds is 4. The molecule has 10 N–H and O–H groups in total. The minimum atomic E-state index is -1.45. The van der Waals surface area contributed by atoms with Gasteiger partial charge in [-0.1, -0.05) is 0 Å². The third-order valence-corrected chi connectivity index (χ3v) is 4.99. The van der Waals surface area contributed by atoms with Gasteiger partial charge in [0.2, 0.25) is 5.91 Å². The van der Waals surface area contributed by atoms with E-state index in [0.717, 1.165) is 10.6 Å². The summed E-state index contributed by atoms with van der Waals surface area (Å²) >= 11 is 0. The average Bonchev–Trinajstić information content (AvgIpc) is 3.02. The Morgan fingerprint density at radius 2 is 1.69 bits per heavy atom. The lowest BCUT2D eigenvalue weighted by molar-refractivity contribution is -0.253. The Morgan fingerprint density at radius 1 is 1.09 bits per heavy atom. The third-order valence-electron chi connectivity index (χ3n) is 4.99. The number of nitrogens with one attached hydrogen (secondary N) is 2. The Balaban J connectivity index is 0.000000229. The first-order chi connectivity index (χ1) is 15.0. The third kappa shape index (κ3) is 5.77. The number of aromatic amines is 1. The second-order valence-corrected chi connectivity index (χ2v) is 7.29. The van der Waals surface area contributed by atoms with Crippen LogP contribution >= 0.6 is 0 Å². The summed E-state index contributed by atoms with van der Waals surface area (Å²) in [6.45, 7) is 0.287. The van der Waals surface area contributed by atoms with Crippen molar-refractivity contribution < 1.29 is 44.9 Å². The number of aliphatic hydroxyl groups excluding tert-OH is 6. The number of hydrogen-bond donors (Lipinski definition) is 9. The van der Waals surface area contributed by atoms with Crippen molar-refractivity contribution in [2.45, 2.75) is 62.0 Å². The smallest absolute Gasteiger partial charge is 0.330 e. The number of carbonyl (C=O) groups excluding carboxylic acids is 1. The molecule has 32 heavy (non-hydrogen) atoms. The molecule has 9 atom stereocenters. The minimum absolute atomic E-state index is 0.399. The zero-order valence-electron chi connectivity index (χ0n) is 17.0. The molecule has 15 nitrogen and oxygen atoms in total. The van der Waals surface area contributed by atoms with Gasteiger partial charge in [-0.3, -0.25) is 19.1 Å². The van der Waals surface area contributed by atoms with Gasteiger partial charge in [0.1, 0.15) is 36.6 Å². The van der Waals surface area contributed by atoms with Gasteiger partial charge in [0, 0.05) is 19.2 Å². The molecule has 0 radical (unpaired) electrons. The van der Waals surface area contributed by atoms with E-state index >= 15 is 0 Å². The summed E-state index contributed by atoms with van der Waals surface area (Å²) in [6.07, 6.45) is -6.82. The molecule has 0 saturated carbocycles. The highest BCUT2D eigenvalue weighted by Crippen LogP contribution is 2.26. The zero-order valence-corrected chi connectivity index (χ0v) is 17.0. The van der Waals surface area contributed by atoms with E-state index in [0.29, 0.717) is 0 Å². The maximum absolute atomic E-state index is 11.5. The van der Waals surface area contributed by atoms with Crippen molar-refractivity contribution in [3.8, 4) is 0 Å². The summed E-state index contributed by atoms with van der Waals surface area (Å²) in [5.74, 6) is -0.462. The lowest BCUT2D eigenvalue weighted by Crippen LogP contribution is -2.63. The van der Waals surface area contributed by atoms with Gasteiger partial charge >= 0.3 is 5.69 Å². The van der Waals surface area contributed by atoms with Gasteiger partial charge in [0.15, 0.2) is 12.5 Å². The first kappa shape index (κ1) is 26.0. The van der Waals surface area contributed by atoms with Crippen molar-refractivity contribution in [2.24, 2.45) is 5.73 Å². The standard InChI is InChI=1S/C9H13N3O5.C8H15NO6/c10-6-7(15)4(3-13)17-8(6)12-2-1-5(14)11-9(12)16;1-3(11)9-5-7(13)6(12)4(2-10)15-8(5)14/h1-2,4,6-8,13,15H,3,10H2,(H,11,14,16);4-8,10,12-14H,2H2,1H3,(H,9,11)/t4-,6-,7-,8-;4-,5-,6+,7-,8?/m11/s1. The van der Waals surface area contributed by atoms with Gasteiger partial charge in [0.05, 0.1) is 19.3 Å². The second kappa shape index (κ2) is 11.1. The molecule has 2 fully saturated rings. The van der Waals surface area contributed by atoms with Crippen LogP contribution in [0.1, 0.15) is 13.2 Å². The van der Waals surface area contributed by atoms with E-state index in [1.165, 1.54) is 13.1 Å². The SMILES string of the molecule is CC(=O)N[C@H]1C(O)O[C@H](CO)[C@H](O)[C@@H]1O.N[C@@H]1[C@H](O)[C@@H](CO)O[C@H]1n1ccc(=O)[nH]c1=O. The molecule has 1 unspecified atom stereocenters. The van der Waals surface area contributed by atoms with Crippen molar-refractivity contribution >= 4 is 5.91 Å². The molecule has 3 rings (SSSR count). The van der Waals surface area contributed by atoms with Crippen molar-refractivity contribution in [3.05, 3.63) is 33.1 Å². The summed E-state index contributed by atoms with van der Waals surface area (Å²) < 4.78 is 11.1. The van der Waals surface area contributed by atoms with Crippen molar-refractivity contribution in [2.75, 3.05) is 13.2 Å². The molecule has 2 aliphatic heterocycles. The van der Waals surface area contributed by atoms with Gasteiger partial charge in [-0.05, 0) is 0 Å². The predicted molar refractivity (Wildman–Crippen MR) is 104 cm³/mol. The lowest BCUT2D eigenvalue weighted by atomic mass is 9.97. The quantitative estimate of drug-likeness (QED) is 0.202. The molecule has 0 bridgehead atoms. The Morgan fingerprint density at radius 3 is 2.19 bits per heavy atom. The molecule has 3 heterocycles. The summed E-state index contributed by atoms with van der Waals surface area (Å²) in [6, 6.07) is -0.799. The van der Waals surface area contributed by atoms with Crippen molar-refractivity contribution in [1.29, 1.82) is 0 Å². The number of nitrogens with zero attached hydrogens (tertiary/aromatic N) is 1. The van der Waals surface area contributed by atoms with Crippen LogP contribution < -0.4 is 22.3 Å². The molecule has 1 aromatic rings. The van der Waals surface area contributed by atoms with E-state index in [4.69, 9.17) is 25.4 Å². The largest absolute Gasteiger partial charge is 0.394 e. The van der Waals surface area contributed by atoms with Crippen LogP contribution in [-0.4, -0.2) is 108 Å². The number of H-pyrrole nitrogens is 1.